The first-order valence-corrected chi connectivity index (χ1v) is 10.7. The Labute approximate surface area is 186 Å². The quantitative estimate of drug-likeness (QED) is 0.563. The monoisotopic (exact) mass is 449 g/mol. The van der Waals surface area contributed by atoms with Gasteiger partial charge in [0.2, 0.25) is 0 Å². The van der Waals surface area contributed by atoms with Crippen LogP contribution in [0.25, 0.3) is 0 Å². The number of carbonyl (C=O) groups excluding carboxylic acids is 2. The standard InChI is InChI=1S/C22H25Cl2N3O3/c23-16-3-9-19(10-4-16)27-22(29)25-13-15-1-7-18(8-2-15)26-21(28)14-30-20-11-5-17(24)6-12-20/h3-6,9-12,15,18H,1-2,7-8,13-14H2,(H,26,28)(H2,25,27,29). The predicted molar refractivity (Wildman–Crippen MR) is 119 cm³/mol. The summed E-state index contributed by atoms with van der Waals surface area (Å²) in [4.78, 5) is 24.1. The first-order chi connectivity index (χ1) is 14.5. The van der Waals surface area contributed by atoms with Gasteiger partial charge < -0.3 is 20.7 Å². The van der Waals surface area contributed by atoms with Crippen LogP contribution >= 0.6 is 23.2 Å². The van der Waals surface area contributed by atoms with E-state index >= 15 is 0 Å². The summed E-state index contributed by atoms with van der Waals surface area (Å²) < 4.78 is 5.47. The van der Waals surface area contributed by atoms with Crippen LogP contribution in [-0.4, -0.2) is 31.1 Å². The fraction of sp³-hybridized carbons (Fsp3) is 0.364. The average molecular weight is 450 g/mol. The SMILES string of the molecule is O=C(COc1ccc(Cl)cc1)NC1CCC(CNC(=O)Nc2ccc(Cl)cc2)CC1. The van der Waals surface area contributed by atoms with Gasteiger partial charge in [-0.25, -0.2) is 4.79 Å². The van der Waals surface area contributed by atoms with Gasteiger partial charge >= 0.3 is 6.03 Å². The molecule has 2 aromatic rings. The second kappa shape index (κ2) is 11.1. The third-order valence-corrected chi connectivity index (χ3v) is 5.55. The molecule has 0 unspecified atom stereocenters. The zero-order valence-electron chi connectivity index (χ0n) is 16.5. The molecule has 3 N–H and O–H groups in total. The molecular formula is C22H25Cl2N3O3. The molecule has 160 valence electrons. The van der Waals surface area contributed by atoms with E-state index in [1.165, 1.54) is 0 Å². The highest BCUT2D eigenvalue weighted by Gasteiger charge is 2.23. The van der Waals surface area contributed by atoms with Crippen LogP contribution in [0.4, 0.5) is 10.5 Å². The third-order valence-electron chi connectivity index (χ3n) is 5.05. The Morgan fingerprint density at radius 3 is 2.13 bits per heavy atom. The lowest BCUT2D eigenvalue weighted by molar-refractivity contribution is -0.124. The van der Waals surface area contributed by atoms with Crippen LogP contribution in [0.5, 0.6) is 5.75 Å². The lowest BCUT2D eigenvalue weighted by Crippen LogP contribution is -2.42. The molecular weight excluding hydrogens is 425 g/mol. The summed E-state index contributed by atoms with van der Waals surface area (Å²) in [5, 5.41) is 9.98. The average Bonchev–Trinajstić information content (AvgIpc) is 2.74. The topological polar surface area (TPSA) is 79.5 Å². The zero-order valence-corrected chi connectivity index (χ0v) is 18.0. The van der Waals surface area contributed by atoms with Gasteiger partial charge in [0.1, 0.15) is 5.75 Å². The van der Waals surface area contributed by atoms with E-state index in [1.54, 1.807) is 48.5 Å². The molecule has 0 aromatic heterocycles. The largest absolute Gasteiger partial charge is 0.484 e. The second-order valence-electron chi connectivity index (χ2n) is 7.37. The van der Waals surface area contributed by atoms with Gasteiger partial charge in [-0.2, -0.15) is 0 Å². The Kier molecular flexibility index (Phi) is 8.22. The highest BCUT2D eigenvalue weighted by molar-refractivity contribution is 6.30. The van der Waals surface area contributed by atoms with Crippen molar-refractivity contribution in [3.05, 3.63) is 58.6 Å². The number of anilines is 1. The Morgan fingerprint density at radius 1 is 0.900 bits per heavy atom. The first-order valence-electron chi connectivity index (χ1n) is 9.96. The maximum atomic E-state index is 12.1. The number of amides is 3. The van der Waals surface area contributed by atoms with Crippen molar-refractivity contribution < 1.29 is 14.3 Å². The molecule has 0 bridgehead atoms. The number of ether oxygens (including phenoxy) is 1. The van der Waals surface area contributed by atoms with E-state index in [0.29, 0.717) is 33.9 Å². The number of urea groups is 1. The summed E-state index contributed by atoms with van der Waals surface area (Å²) in [6.07, 6.45) is 3.67. The van der Waals surface area contributed by atoms with Crippen molar-refractivity contribution in [2.45, 2.75) is 31.7 Å². The van der Waals surface area contributed by atoms with Crippen molar-refractivity contribution >= 4 is 40.8 Å². The van der Waals surface area contributed by atoms with Crippen LogP contribution in [0.15, 0.2) is 48.5 Å². The number of nitrogens with one attached hydrogen (secondary N) is 3. The van der Waals surface area contributed by atoms with Crippen molar-refractivity contribution in [2.24, 2.45) is 5.92 Å². The lowest BCUT2D eigenvalue weighted by Gasteiger charge is -2.29. The highest BCUT2D eigenvalue weighted by atomic mass is 35.5. The fourth-order valence-electron chi connectivity index (χ4n) is 3.41. The van der Waals surface area contributed by atoms with Gasteiger partial charge in [0.15, 0.2) is 6.61 Å². The van der Waals surface area contributed by atoms with Crippen LogP contribution in [-0.2, 0) is 4.79 Å². The van der Waals surface area contributed by atoms with Crippen LogP contribution in [0.1, 0.15) is 25.7 Å². The molecule has 1 aliphatic rings. The molecule has 0 aliphatic heterocycles. The van der Waals surface area contributed by atoms with Gasteiger partial charge in [0, 0.05) is 28.3 Å². The van der Waals surface area contributed by atoms with Crippen LogP contribution in [0, 0.1) is 5.92 Å². The smallest absolute Gasteiger partial charge is 0.319 e. The van der Waals surface area contributed by atoms with Gasteiger partial charge in [-0.05, 0) is 80.1 Å². The molecule has 1 fully saturated rings. The first kappa shape index (κ1) is 22.2. The molecule has 0 spiro atoms. The Balaban J connectivity index is 1.30. The van der Waals surface area contributed by atoms with Crippen molar-refractivity contribution in [1.29, 1.82) is 0 Å². The van der Waals surface area contributed by atoms with E-state index < -0.39 is 0 Å². The van der Waals surface area contributed by atoms with E-state index in [4.69, 9.17) is 27.9 Å². The predicted octanol–water partition coefficient (Wildman–Crippen LogP) is 4.87. The van der Waals surface area contributed by atoms with Crippen molar-refractivity contribution in [3.8, 4) is 5.75 Å². The highest BCUT2D eigenvalue weighted by Crippen LogP contribution is 2.24. The van der Waals surface area contributed by atoms with E-state index in [1.807, 2.05) is 0 Å². The summed E-state index contributed by atoms with van der Waals surface area (Å²) in [6.45, 7) is 0.591. The lowest BCUT2D eigenvalue weighted by atomic mass is 9.86. The van der Waals surface area contributed by atoms with Crippen molar-refractivity contribution in [2.75, 3.05) is 18.5 Å². The summed E-state index contributed by atoms with van der Waals surface area (Å²) in [7, 11) is 0. The minimum atomic E-state index is -0.230. The van der Waals surface area contributed by atoms with Crippen molar-refractivity contribution in [3.63, 3.8) is 0 Å². The molecule has 0 atom stereocenters. The number of hydrogen-bond donors (Lipinski definition) is 3. The van der Waals surface area contributed by atoms with E-state index in [-0.39, 0.29) is 24.6 Å². The number of hydrogen-bond acceptors (Lipinski definition) is 3. The summed E-state index contributed by atoms with van der Waals surface area (Å²) >= 11 is 11.7. The van der Waals surface area contributed by atoms with Gasteiger partial charge in [0.25, 0.3) is 5.91 Å². The number of rotatable bonds is 7. The van der Waals surface area contributed by atoms with Crippen LogP contribution in [0.2, 0.25) is 10.0 Å². The normalized spacial score (nSPS) is 18.3. The minimum Gasteiger partial charge on any atom is -0.484 e. The fourth-order valence-corrected chi connectivity index (χ4v) is 3.66. The van der Waals surface area contributed by atoms with Crippen molar-refractivity contribution in [1.82, 2.24) is 10.6 Å². The molecule has 8 heteroatoms. The molecule has 1 saturated carbocycles. The maximum absolute atomic E-state index is 12.1. The van der Waals surface area contributed by atoms with Gasteiger partial charge in [-0.3, -0.25) is 4.79 Å². The Morgan fingerprint density at radius 2 is 1.50 bits per heavy atom. The molecule has 30 heavy (non-hydrogen) atoms. The summed E-state index contributed by atoms with van der Waals surface area (Å²) in [6, 6.07) is 13.8. The molecule has 6 nitrogen and oxygen atoms in total. The number of benzene rings is 2. The zero-order chi connectivity index (χ0) is 21.3. The van der Waals surface area contributed by atoms with Gasteiger partial charge in [-0.15, -0.1) is 0 Å². The molecule has 0 radical (unpaired) electrons. The van der Waals surface area contributed by atoms with Crippen LogP contribution < -0.4 is 20.7 Å². The van der Waals surface area contributed by atoms with Gasteiger partial charge in [-0.1, -0.05) is 23.2 Å². The summed E-state index contributed by atoms with van der Waals surface area (Å²) in [5.41, 5.74) is 0.698. The second-order valence-corrected chi connectivity index (χ2v) is 8.24. The third kappa shape index (κ3) is 7.43. The number of carbonyl (C=O) groups is 2. The Bertz CT molecular complexity index is 836. The van der Waals surface area contributed by atoms with E-state index in [0.717, 1.165) is 25.7 Å². The molecule has 2 aromatic carbocycles. The molecule has 0 heterocycles. The molecule has 3 rings (SSSR count). The molecule has 0 saturated heterocycles. The maximum Gasteiger partial charge on any atom is 0.319 e. The summed E-state index contributed by atoms with van der Waals surface area (Å²) in [5.74, 6) is 0.884. The van der Waals surface area contributed by atoms with Crippen LogP contribution in [0.3, 0.4) is 0 Å². The molecule has 3 amide bonds. The Hall–Kier alpha value is -2.44. The van der Waals surface area contributed by atoms with Gasteiger partial charge in [0.05, 0.1) is 0 Å². The van der Waals surface area contributed by atoms with E-state index in [9.17, 15) is 9.59 Å². The number of halogens is 2. The molecule has 1 aliphatic carbocycles. The van der Waals surface area contributed by atoms with E-state index in [2.05, 4.69) is 16.0 Å². The minimum absolute atomic E-state index is 0.0199.